The largest absolute Gasteiger partial charge is 0.462 e. The van der Waals surface area contributed by atoms with Crippen molar-refractivity contribution in [2.45, 2.75) is 39.7 Å². The van der Waals surface area contributed by atoms with Gasteiger partial charge in [0.1, 0.15) is 16.7 Å². The van der Waals surface area contributed by atoms with E-state index in [1.54, 1.807) is 6.92 Å². The Morgan fingerprint density at radius 2 is 2.12 bits per heavy atom. The van der Waals surface area contributed by atoms with Gasteiger partial charge in [0.2, 0.25) is 0 Å². The maximum atomic E-state index is 12.6. The third-order valence-electron chi connectivity index (χ3n) is 4.55. The van der Waals surface area contributed by atoms with Crippen LogP contribution in [0.5, 0.6) is 0 Å². The third-order valence-corrected chi connectivity index (χ3v) is 5.44. The van der Waals surface area contributed by atoms with E-state index in [0.717, 1.165) is 23.1 Å². The minimum atomic E-state index is -0.447. The smallest absolute Gasteiger partial charge is 0.341 e. The zero-order valence-electron chi connectivity index (χ0n) is 15.3. The van der Waals surface area contributed by atoms with E-state index in [4.69, 9.17) is 9.47 Å². The van der Waals surface area contributed by atoms with Gasteiger partial charge in [-0.2, -0.15) is 0 Å². The van der Waals surface area contributed by atoms with E-state index >= 15 is 0 Å². The summed E-state index contributed by atoms with van der Waals surface area (Å²) in [5.41, 5.74) is 4.46. The Balaban J connectivity index is 1.96. The first-order valence-corrected chi connectivity index (χ1v) is 9.68. The molecule has 1 aromatic heterocycles. The summed E-state index contributed by atoms with van der Waals surface area (Å²) >= 11 is 1.33. The van der Waals surface area contributed by atoms with Crippen LogP contribution in [0.25, 0.3) is 11.1 Å². The normalized spacial score (nSPS) is 16.5. The molecule has 5 nitrogen and oxygen atoms in total. The fraction of sp³-hybridized carbons (Fsp3) is 0.400. The van der Waals surface area contributed by atoms with Crippen molar-refractivity contribution >= 4 is 28.2 Å². The number of aryl methyl sites for hydroxylation is 2. The van der Waals surface area contributed by atoms with Crippen molar-refractivity contribution in [3.05, 3.63) is 40.3 Å². The first-order chi connectivity index (χ1) is 12.5. The number of nitrogens with one attached hydrogen (secondary N) is 1. The van der Waals surface area contributed by atoms with Gasteiger partial charge in [0.05, 0.1) is 6.61 Å². The van der Waals surface area contributed by atoms with Crippen molar-refractivity contribution in [2.24, 2.45) is 0 Å². The minimum absolute atomic E-state index is 0.207. The average Bonchev–Trinajstić information content (AvgIpc) is 3.27. The lowest BCUT2D eigenvalue weighted by Gasteiger charge is -2.12. The van der Waals surface area contributed by atoms with Gasteiger partial charge >= 0.3 is 5.97 Å². The number of ether oxygens (including phenoxy) is 2. The van der Waals surface area contributed by atoms with Crippen LogP contribution in [-0.4, -0.2) is 31.2 Å². The average molecular weight is 373 g/mol. The Morgan fingerprint density at radius 1 is 1.31 bits per heavy atom. The predicted octanol–water partition coefficient (Wildman–Crippen LogP) is 4.33. The quantitative estimate of drug-likeness (QED) is 0.793. The second kappa shape index (κ2) is 8.01. The monoisotopic (exact) mass is 373 g/mol. The van der Waals surface area contributed by atoms with Gasteiger partial charge < -0.3 is 14.8 Å². The molecule has 0 aliphatic carbocycles. The molecule has 1 amide bonds. The van der Waals surface area contributed by atoms with Crippen molar-refractivity contribution in [1.82, 2.24) is 0 Å². The van der Waals surface area contributed by atoms with Crippen LogP contribution in [0, 0.1) is 13.8 Å². The predicted molar refractivity (Wildman–Crippen MR) is 103 cm³/mol. The van der Waals surface area contributed by atoms with E-state index < -0.39 is 12.1 Å². The standard InChI is InChI=1S/C20H23NO4S/c1-4-24-20(23)17-15(14-8-7-12(2)13(3)10-14)11-26-19(17)21-18(22)16-6-5-9-25-16/h7-8,10-11,16H,4-6,9H2,1-3H3,(H,21,22)/t16-/m0/s1. The van der Waals surface area contributed by atoms with Gasteiger partial charge in [-0.05, 0) is 50.3 Å². The van der Waals surface area contributed by atoms with E-state index in [1.165, 1.54) is 16.9 Å². The van der Waals surface area contributed by atoms with Crippen molar-refractivity contribution in [2.75, 3.05) is 18.5 Å². The number of hydrogen-bond acceptors (Lipinski definition) is 5. The Hall–Kier alpha value is -2.18. The SMILES string of the molecule is CCOC(=O)c1c(-c2ccc(C)c(C)c2)csc1NC(=O)[C@@H]1CCCO1. The minimum Gasteiger partial charge on any atom is -0.462 e. The van der Waals surface area contributed by atoms with Gasteiger partial charge in [-0.1, -0.05) is 18.2 Å². The molecule has 0 bridgehead atoms. The molecule has 0 unspecified atom stereocenters. The van der Waals surface area contributed by atoms with Crippen molar-refractivity contribution in [3.8, 4) is 11.1 Å². The molecule has 26 heavy (non-hydrogen) atoms. The molecular weight excluding hydrogens is 350 g/mol. The first-order valence-electron chi connectivity index (χ1n) is 8.80. The number of carbonyl (C=O) groups excluding carboxylic acids is 2. The van der Waals surface area contributed by atoms with Gasteiger partial charge in [-0.25, -0.2) is 4.79 Å². The molecule has 1 saturated heterocycles. The summed E-state index contributed by atoms with van der Waals surface area (Å²) in [5.74, 6) is -0.633. The molecule has 2 heterocycles. The fourth-order valence-corrected chi connectivity index (χ4v) is 3.91. The van der Waals surface area contributed by atoms with Crippen molar-refractivity contribution in [1.29, 1.82) is 0 Å². The number of rotatable bonds is 5. The number of esters is 1. The second-order valence-corrected chi connectivity index (χ2v) is 7.24. The van der Waals surface area contributed by atoms with Crippen molar-refractivity contribution < 1.29 is 19.1 Å². The molecular formula is C20H23NO4S. The highest BCUT2D eigenvalue weighted by Crippen LogP contribution is 2.37. The highest BCUT2D eigenvalue weighted by molar-refractivity contribution is 7.15. The molecule has 0 saturated carbocycles. The molecule has 3 rings (SSSR count). The Bertz CT molecular complexity index is 821. The van der Waals surface area contributed by atoms with Gasteiger partial charge in [0.25, 0.3) is 5.91 Å². The Kier molecular flexibility index (Phi) is 5.74. The third kappa shape index (κ3) is 3.81. The molecule has 2 aromatic rings. The molecule has 1 N–H and O–H groups in total. The maximum Gasteiger partial charge on any atom is 0.341 e. The van der Waals surface area contributed by atoms with Crippen LogP contribution in [0.15, 0.2) is 23.6 Å². The summed E-state index contributed by atoms with van der Waals surface area (Å²) in [7, 11) is 0. The zero-order valence-corrected chi connectivity index (χ0v) is 16.1. The lowest BCUT2D eigenvalue weighted by molar-refractivity contribution is -0.124. The number of amides is 1. The topological polar surface area (TPSA) is 64.6 Å². The van der Waals surface area contributed by atoms with Crippen LogP contribution in [-0.2, 0) is 14.3 Å². The van der Waals surface area contributed by atoms with Gasteiger partial charge in [-0.3, -0.25) is 4.79 Å². The van der Waals surface area contributed by atoms with Crippen molar-refractivity contribution in [3.63, 3.8) is 0 Å². The number of benzene rings is 1. The molecule has 1 aromatic carbocycles. The summed E-state index contributed by atoms with van der Waals surface area (Å²) < 4.78 is 10.7. The molecule has 0 radical (unpaired) electrons. The van der Waals surface area contributed by atoms with Gasteiger partial charge in [0.15, 0.2) is 0 Å². The van der Waals surface area contributed by atoms with Gasteiger partial charge in [0, 0.05) is 17.6 Å². The first kappa shape index (κ1) is 18.6. The van der Waals surface area contributed by atoms with Crippen LogP contribution >= 0.6 is 11.3 Å². The Morgan fingerprint density at radius 3 is 2.77 bits per heavy atom. The number of anilines is 1. The van der Waals surface area contributed by atoms with E-state index in [0.29, 0.717) is 23.6 Å². The molecule has 6 heteroatoms. The molecule has 138 valence electrons. The van der Waals surface area contributed by atoms with E-state index in [1.807, 2.05) is 37.4 Å². The number of carbonyl (C=O) groups is 2. The Labute approximate surface area is 157 Å². The molecule has 1 fully saturated rings. The maximum absolute atomic E-state index is 12.6. The molecule has 1 aliphatic heterocycles. The molecule has 1 atom stereocenters. The molecule has 1 aliphatic rings. The summed E-state index contributed by atoms with van der Waals surface area (Å²) in [6, 6.07) is 6.06. The zero-order chi connectivity index (χ0) is 18.7. The highest BCUT2D eigenvalue weighted by atomic mass is 32.1. The van der Waals surface area contributed by atoms with E-state index in [9.17, 15) is 9.59 Å². The highest BCUT2D eigenvalue weighted by Gasteiger charge is 2.27. The second-order valence-electron chi connectivity index (χ2n) is 6.36. The molecule has 0 spiro atoms. The lowest BCUT2D eigenvalue weighted by Crippen LogP contribution is -2.27. The number of hydrogen-bond donors (Lipinski definition) is 1. The summed E-state index contributed by atoms with van der Waals surface area (Å²) in [5, 5.41) is 5.26. The van der Waals surface area contributed by atoms with Gasteiger partial charge in [-0.15, -0.1) is 11.3 Å². The van der Waals surface area contributed by atoms with Crippen LogP contribution in [0.4, 0.5) is 5.00 Å². The lowest BCUT2D eigenvalue weighted by atomic mass is 9.99. The summed E-state index contributed by atoms with van der Waals surface area (Å²) in [6.07, 6.45) is 1.13. The van der Waals surface area contributed by atoms with Crippen LogP contribution < -0.4 is 5.32 Å². The fourth-order valence-electron chi connectivity index (χ4n) is 2.95. The van der Waals surface area contributed by atoms with Crippen LogP contribution in [0.2, 0.25) is 0 Å². The van der Waals surface area contributed by atoms with Crippen LogP contribution in [0.1, 0.15) is 41.3 Å². The van der Waals surface area contributed by atoms with E-state index in [2.05, 4.69) is 5.32 Å². The van der Waals surface area contributed by atoms with E-state index in [-0.39, 0.29) is 12.5 Å². The van der Waals surface area contributed by atoms with Crippen LogP contribution in [0.3, 0.4) is 0 Å². The summed E-state index contributed by atoms with van der Waals surface area (Å²) in [4.78, 5) is 25.0. The summed E-state index contributed by atoms with van der Waals surface area (Å²) in [6.45, 7) is 6.73. The number of thiophene rings is 1.